The molecule has 0 aliphatic heterocycles. The summed E-state index contributed by atoms with van der Waals surface area (Å²) in [6.45, 7) is 1.92. The highest BCUT2D eigenvalue weighted by atomic mass is 32.2. The highest BCUT2D eigenvalue weighted by molar-refractivity contribution is 7.91. The monoisotopic (exact) mass is 272 g/mol. The van der Waals surface area contributed by atoms with Crippen molar-refractivity contribution in [3.8, 4) is 0 Å². The molecule has 0 bridgehead atoms. The van der Waals surface area contributed by atoms with Gasteiger partial charge in [0.2, 0.25) is 9.84 Å². The van der Waals surface area contributed by atoms with Gasteiger partial charge in [-0.2, -0.15) is 0 Å². The Morgan fingerprint density at radius 1 is 1.11 bits per heavy atom. The van der Waals surface area contributed by atoms with E-state index in [-0.39, 0.29) is 9.92 Å². The molecule has 0 saturated heterocycles. The number of aryl methyl sites for hydroxylation is 1. The van der Waals surface area contributed by atoms with E-state index in [4.69, 9.17) is 0 Å². The topological polar surface area (TPSA) is 51.4 Å². The Morgan fingerprint density at radius 2 is 1.84 bits per heavy atom. The average molecular weight is 272 g/mol. The first kappa shape index (κ1) is 11.9. The fourth-order valence-corrected chi connectivity index (χ4v) is 3.10. The van der Waals surface area contributed by atoms with Crippen LogP contribution in [0.3, 0.4) is 0 Å². The van der Waals surface area contributed by atoms with Gasteiger partial charge in [-0.05, 0) is 37.3 Å². The van der Waals surface area contributed by atoms with Crippen molar-refractivity contribution in [3.05, 3.63) is 60.6 Å². The van der Waals surface area contributed by atoms with Gasteiger partial charge in [0.15, 0.2) is 5.03 Å². The molecule has 0 saturated carbocycles. The van der Waals surface area contributed by atoms with E-state index in [0.29, 0.717) is 0 Å². The van der Waals surface area contributed by atoms with Crippen molar-refractivity contribution in [3.63, 3.8) is 0 Å². The fourth-order valence-electron chi connectivity index (χ4n) is 1.90. The van der Waals surface area contributed by atoms with Gasteiger partial charge in [0, 0.05) is 11.7 Å². The molecule has 4 nitrogen and oxygen atoms in total. The van der Waals surface area contributed by atoms with Gasteiger partial charge in [-0.25, -0.2) is 13.4 Å². The summed E-state index contributed by atoms with van der Waals surface area (Å²) in [4.78, 5) is 4.29. The summed E-state index contributed by atoms with van der Waals surface area (Å²) in [5, 5.41) is 0.0718. The van der Waals surface area contributed by atoms with Crippen LogP contribution in [-0.2, 0) is 9.84 Å². The van der Waals surface area contributed by atoms with Crippen molar-refractivity contribution in [2.75, 3.05) is 0 Å². The van der Waals surface area contributed by atoms with E-state index in [1.165, 1.54) is 6.33 Å². The quantitative estimate of drug-likeness (QED) is 0.673. The number of benzene rings is 1. The molecule has 0 aliphatic carbocycles. The number of fused-ring (bicyclic) bond motifs is 1. The first-order valence-electron chi connectivity index (χ1n) is 5.82. The van der Waals surface area contributed by atoms with Gasteiger partial charge in [-0.1, -0.05) is 17.7 Å². The van der Waals surface area contributed by atoms with Crippen LogP contribution < -0.4 is 0 Å². The van der Waals surface area contributed by atoms with Crippen molar-refractivity contribution in [1.82, 2.24) is 9.38 Å². The van der Waals surface area contributed by atoms with Crippen LogP contribution in [0.1, 0.15) is 5.56 Å². The molecule has 0 unspecified atom stereocenters. The second-order valence-electron chi connectivity index (χ2n) is 4.38. The summed E-state index contributed by atoms with van der Waals surface area (Å²) >= 11 is 0. The smallest absolute Gasteiger partial charge is 0.223 e. The molecule has 0 radical (unpaired) electrons. The van der Waals surface area contributed by atoms with Gasteiger partial charge in [-0.3, -0.25) is 0 Å². The maximum absolute atomic E-state index is 12.4. The number of hydrogen-bond donors (Lipinski definition) is 0. The molecule has 0 spiro atoms. The molecule has 0 fully saturated rings. The molecule has 5 heteroatoms. The first-order valence-corrected chi connectivity index (χ1v) is 7.30. The van der Waals surface area contributed by atoms with Gasteiger partial charge in [0.05, 0.1) is 4.90 Å². The van der Waals surface area contributed by atoms with Crippen molar-refractivity contribution in [1.29, 1.82) is 0 Å². The number of rotatable bonds is 2. The Morgan fingerprint density at radius 3 is 2.58 bits per heavy atom. The standard InChI is InChI=1S/C14H12N2O2S/c1-11-4-6-13(7-5-11)19(17,18)14-9-12-3-2-8-16(12)10-15-14/h2-10H,1H3. The van der Waals surface area contributed by atoms with Crippen LogP contribution in [0.5, 0.6) is 0 Å². The fraction of sp³-hybridized carbons (Fsp3) is 0.0714. The predicted octanol–water partition coefficient (Wildman–Crippen LogP) is 2.48. The number of aromatic nitrogens is 2. The molecule has 2 aromatic heterocycles. The van der Waals surface area contributed by atoms with Crippen molar-refractivity contribution < 1.29 is 8.42 Å². The van der Waals surface area contributed by atoms with E-state index < -0.39 is 9.84 Å². The van der Waals surface area contributed by atoms with Crippen LogP contribution in [0.4, 0.5) is 0 Å². The molecule has 0 amide bonds. The Balaban J connectivity index is 2.15. The molecular weight excluding hydrogens is 260 g/mol. The first-order chi connectivity index (χ1) is 9.07. The Labute approximate surface area is 111 Å². The molecule has 1 aromatic carbocycles. The van der Waals surface area contributed by atoms with Gasteiger partial charge in [0.1, 0.15) is 6.33 Å². The second kappa shape index (κ2) is 4.20. The zero-order valence-corrected chi connectivity index (χ0v) is 11.1. The summed E-state index contributed by atoms with van der Waals surface area (Å²) in [5.74, 6) is 0. The molecule has 96 valence electrons. The van der Waals surface area contributed by atoms with Gasteiger partial charge in [-0.15, -0.1) is 0 Å². The molecule has 0 N–H and O–H groups in total. The van der Waals surface area contributed by atoms with E-state index in [1.54, 1.807) is 34.7 Å². The third-order valence-electron chi connectivity index (χ3n) is 3.00. The average Bonchev–Trinajstić information content (AvgIpc) is 2.86. The van der Waals surface area contributed by atoms with Crippen LogP contribution in [0.2, 0.25) is 0 Å². The lowest BCUT2D eigenvalue weighted by atomic mass is 10.2. The van der Waals surface area contributed by atoms with Crippen molar-refractivity contribution in [2.45, 2.75) is 16.8 Å². The van der Waals surface area contributed by atoms with Crippen LogP contribution >= 0.6 is 0 Å². The largest absolute Gasteiger partial charge is 0.308 e. The summed E-state index contributed by atoms with van der Waals surface area (Å²) in [5.41, 5.74) is 1.83. The Kier molecular flexibility index (Phi) is 2.64. The van der Waals surface area contributed by atoms with Crippen LogP contribution in [0, 0.1) is 6.92 Å². The summed E-state index contributed by atoms with van der Waals surface area (Å²) in [6.07, 6.45) is 3.33. The maximum Gasteiger partial charge on any atom is 0.223 e. The van der Waals surface area contributed by atoms with Crippen LogP contribution in [0.25, 0.3) is 5.52 Å². The maximum atomic E-state index is 12.4. The second-order valence-corrected chi connectivity index (χ2v) is 6.28. The normalized spacial score (nSPS) is 11.8. The Hall–Kier alpha value is -2.14. The minimum atomic E-state index is -3.55. The SMILES string of the molecule is Cc1ccc(S(=O)(=O)c2cc3cccn3cn2)cc1. The highest BCUT2D eigenvalue weighted by Gasteiger charge is 2.19. The zero-order chi connectivity index (χ0) is 13.5. The number of hydrogen-bond acceptors (Lipinski definition) is 3. The molecule has 2 heterocycles. The Bertz CT molecular complexity index is 833. The highest BCUT2D eigenvalue weighted by Crippen LogP contribution is 2.20. The van der Waals surface area contributed by atoms with Gasteiger partial charge < -0.3 is 4.40 Å². The predicted molar refractivity (Wildman–Crippen MR) is 71.8 cm³/mol. The molecule has 0 atom stereocenters. The van der Waals surface area contributed by atoms with E-state index in [2.05, 4.69) is 4.98 Å². The van der Waals surface area contributed by atoms with Crippen molar-refractivity contribution in [2.24, 2.45) is 0 Å². The molecule has 0 aliphatic rings. The van der Waals surface area contributed by atoms with Crippen LogP contribution in [-0.4, -0.2) is 17.8 Å². The minimum Gasteiger partial charge on any atom is -0.308 e. The van der Waals surface area contributed by atoms with Crippen LogP contribution in [0.15, 0.2) is 64.9 Å². The molecular formula is C14H12N2O2S. The zero-order valence-electron chi connectivity index (χ0n) is 10.3. The third kappa shape index (κ3) is 2.02. The lowest BCUT2D eigenvalue weighted by Gasteiger charge is -2.05. The lowest BCUT2D eigenvalue weighted by molar-refractivity contribution is 0.592. The lowest BCUT2D eigenvalue weighted by Crippen LogP contribution is -2.05. The molecule has 3 aromatic rings. The minimum absolute atomic E-state index is 0.0718. The molecule has 19 heavy (non-hydrogen) atoms. The summed E-state index contributed by atoms with van der Waals surface area (Å²) in [6, 6.07) is 12.0. The van der Waals surface area contributed by atoms with E-state index in [1.807, 2.05) is 25.3 Å². The van der Waals surface area contributed by atoms with E-state index in [9.17, 15) is 8.42 Å². The van der Waals surface area contributed by atoms with E-state index in [0.717, 1.165) is 11.1 Å². The summed E-state index contributed by atoms with van der Waals surface area (Å²) in [7, 11) is -3.55. The number of sulfone groups is 1. The van der Waals surface area contributed by atoms with E-state index >= 15 is 0 Å². The van der Waals surface area contributed by atoms with Gasteiger partial charge in [0.25, 0.3) is 0 Å². The summed E-state index contributed by atoms with van der Waals surface area (Å²) < 4.78 is 26.6. The number of nitrogens with zero attached hydrogens (tertiary/aromatic N) is 2. The molecule has 3 rings (SSSR count). The van der Waals surface area contributed by atoms with Crippen molar-refractivity contribution >= 4 is 15.4 Å². The van der Waals surface area contributed by atoms with Gasteiger partial charge >= 0.3 is 0 Å². The third-order valence-corrected chi connectivity index (χ3v) is 4.67.